The lowest BCUT2D eigenvalue weighted by Gasteiger charge is -2.00. The number of imidazole rings is 1. The number of nitrogens with zero attached hydrogens (tertiary/aromatic N) is 4. The Morgan fingerprint density at radius 3 is 2.78 bits per heavy atom. The Labute approximate surface area is 107 Å². The molecule has 0 aliphatic carbocycles. The molecule has 0 radical (unpaired) electrons. The maximum absolute atomic E-state index is 12.2. The van der Waals surface area contributed by atoms with Gasteiger partial charge in [0.1, 0.15) is 0 Å². The number of fused-ring (bicyclic) bond motifs is 1. The smallest absolute Gasteiger partial charge is 0.295 e. The highest BCUT2D eigenvalue weighted by molar-refractivity contribution is 6.31. The zero-order chi connectivity index (χ0) is 12.7. The highest BCUT2D eigenvalue weighted by atomic mass is 35.5. The van der Waals surface area contributed by atoms with Crippen LogP contribution < -0.4 is 5.69 Å². The molecule has 0 spiro atoms. The van der Waals surface area contributed by atoms with E-state index in [0.717, 1.165) is 11.0 Å². The van der Waals surface area contributed by atoms with Crippen LogP contribution in [0, 0.1) is 0 Å². The molecule has 1 aromatic carbocycles. The van der Waals surface area contributed by atoms with Crippen LogP contribution in [0.5, 0.6) is 0 Å². The molecule has 3 aromatic rings. The second kappa shape index (κ2) is 3.96. The van der Waals surface area contributed by atoms with E-state index in [4.69, 9.17) is 11.6 Å². The molecule has 0 saturated heterocycles. The number of aryl methyl sites for hydroxylation is 1. The monoisotopic (exact) mass is 260 g/mol. The van der Waals surface area contributed by atoms with Crippen molar-refractivity contribution in [3.8, 4) is 5.82 Å². The van der Waals surface area contributed by atoms with E-state index in [2.05, 4.69) is 9.97 Å². The van der Waals surface area contributed by atoms with Crippen molar-refractivity contribution in [2.45, 2.75) is 0 Å². The molecule has 0 aliphatic heterocycles. The summed E-state index contributed by atoms with van der Waals surface area (Å²) in [6.07, 6.45) is 4.67. The minimum Gasteiger partial charge on any atom is -0.295 e. The topological polar surface area (TPSA) is 52.7 Å². The maximum atomic E-state index is 12.2. The summed E-state index contributed by atoms with van der Waals surface area (Å²) in [5, 5.41) is 0.592. The first kappa shape index (κ1) is 11.0. The average Bonchev–Trinajstić information content (AvgIpc) is 2.64. The molecule has 0 atom stereocenters. The number of rotatable bonds is 1. The van der Waals surface area contributed by atoms with Crippen LogP contribution in [0.2, 0.25) is 5.02 Å². The molecule has 0 fully saturated rings. The van der Waals surface area contributed by atoms with Gasteiger partial charge in [-0.2, -0.15) is 0 Å². The van der Waals surface area contributed by atoms with Gasteiger partial charge in [-0.3, -0.25) is 9.55 Å². The normalized spacial score (nSPS) is 11.0. The molecule has 3 rings (SSSR count). The number of halogens is 1. The Hall–Kier alpha value is -2.14. The predicted molar refractivity (Wildman–Crippen MR) is 69.1 cm³/mol. The highest BCUT2D eigenvalue weighted by Gasteiger charge is 2.13. The summed E-state index contributed by atoms with van der Waals surface area (Å²) in [7, 11) is 1.70. The van der Waals surface area contributed by atoms with E-state index in [1.54, 1.807) is 43.8 Å². The summed E-state index contributed by atoms with van der Waals surface area (Å²) in [5.41, 5.74) is 1.35. The molecule has 0 N–H and O–H groups in total. The van der Waals surface area contributed by atoms with Gasteiger partial charge in [-0.1, -0.05) is 11.6 Å². The predicted octanol–water partition coefficient (Wildman–Crippen LogP) is 1.77. The van der Waals surface area contributed by atoms with Crippen molar-refractivity contribution in [3.05, 3.63) is 52.3 Å². The SMILES string of the molecule is Cn1c(=O)n(-c2cnccn2)c2ccc(Cl)cc21. The van der Waals surface area contributed by atoms with Crippen LogP contribution in [-0.4, -0.2) is 19.1 Å². The molecule has 2 aromatic heterocycles. The van der Waals surface area contributed by atoms with Crippen molar-refractivity contribution < 1.29 is 0 Å². The van der Waals surface area contributed by atoms with Crippen LogP contribution in [0.3, 0.4) is 0 Å². The lowest BCUT2D eigenvalue weighted by Crippen LogP contribution is -2.21. The molecule has 5 nitrogen and oxygen atoms in total. The molecule has 0 aliphatic rings. The van der Waals surface area contributed by atoms with Gasteiger partial charge in [-0.05, 0) is 18.2 Å². The van der Waals surface area contributed by atoms with Crippen molar-refractivity contribution in [2.24, 2.45) is 7.05 Å². The lowest BCUT2D eigenvalue weighted by molar-refractivity contribution is 0.830. The fraction of sp³-hybridized carbons (Fsp3) is 0.0833. The van der Waals surface area contributed by atoms with Crippen molar-refractivity contribution in [1.29, 1.82) is 0 Å². The van der Waals surface area contributed by atoms with E-state index >= 15 is 0 Å². The lowest BCUT2D eigenvalue weighted by atomic mass is 10.3. The van der Waals surface area contributed by atoms with Crippen molar-refractivity contribution in [3.63, 3.8) is 0 Å². The molecule has 0 bridgehead atoms. The van der Waals surface area contributed by atoms with E-state index in [1.165, 1.54) is 9.13 Å². The van der Waals surface area contributed by atoms with Gasteiger partial charge in [-0.15, -0.1) is 0 Å². The minimum atomic E-state index is -0.173. The van der Waals surface area contributed by atoms with Gasteiger partial charge in [0.25, 0.3) is 0 Å². The van der Waals surface area contributed by atoms with Gasteiger partial charge in [0, 0.05) is 24.5 Å². The number of hydrogen-bond donors (Lipinski definition) is 0. The first-order chi connectivity index (χ1) is 8.68. The first-order valence-corrected chi connectivity index (χ1v) is 5.69. The Morgan fingerprint density at radius 1 is 1.22 bits per heavy atom. The summed E-state index contributed by atoms with van der Waals surface area (Å²) >= 11 is 5.95. The van der Waals surface area contributed by atoms with Gasteiger partial charge in [0.15, 0.2) is 5.82 Å². The van der Waals surface area contributed by atoms with Crippen LogP contribution in [-0.2, 0) is 7.05 Å². The van der Waals surface area contributed by atoms with Crippen molar-refractivity contribution in [2.75, 3.05) is 0 Å². The number of hydrogen-bond acceptors (Lipinski definition) is 3. The van der Waals surface area contributed by atoms with E-state index in [0.29, 0.717) is 10.8 Å². The van der Waals surface area contributed by atoms with Crippen molar-refractivity contribution in [1.82, 2.24) is 19.1 Å². The zero-order valence-corrected chi connectivity index (χ0v) is 10.3. The Kier molecular flexibility index (Phi) is 2.41. The van der Waals surface area contributed by atoms with Crippen LogP contribution in [0.15, 0.2) is 41.6 Å². The van der Waals surface area contributed by atoms with Gasteiger partial charge < -0.3 is 0 Å². The van der Waals surface area contributed by atoms with Crippen molar-refractivity contribution >= 4 is 22.6 Å². The third-order valence-corrected chi connectivity index (χ3v) is 3.03. The molecule has 0 amide bonds. The summed E-state index contributed by atoms with van der Waals surface area (Å²) in [6.45, 7) is 0. The highest BCUT2D eigenvalue weighted by Crippen LogP contribution is 2.19. The van der Waals surface area contributed by atoms with E-state index in [1.807, 2.05) is 0 Å². The standard InChI is InChI=1S/C12H9ClN4O/c1-16-10-6-8(13)2-3-9(10)17(12(16)18)11-7-14-4-5-15-11/h2-7H,1H3. The van der Waals surface area contributed by atoms with E-state index < -0.39 is 0 Å². The van der Waals surface area contributed by atoms with Crippen LogP contribution in [0.4, 0.5) is 0 Å². The molecule has 0 unspecified atom stereocenters. The molecular weight excluding hydrogens is 252 g/mol. The maximum Gasteiger partial charge on any atom is 0.334 e. The zero-order valence-electron chi connectivity index (χ0n) is 9.54. The fourth-order valence-electron chi connectivity index (χ4n) is 1.94. The average molecular weight is 261 g/mol. The van der Waals surface area contributed by atoms with Gasteiger partial charge in [0.2, 0.25) is 0 Å². The quantitative estimate of drug-likeness (QED) is 0.670. The number of benzene rings is 1. The fourth-order valence-corrected chi connectivity index (χ4v) is 2.10. The van der Waals surface area contributed by atoms with Crippen LogP contribution in [0.25, 0.3) is 16.9 Å². The summed E-state index contributed by atoms with van der Waals surface area (Å²) in [6, 6.07) is 5.30. The minimum absolute atomic E-state index is 0.173. The summed E-state index contributed by atoms with van der Waals surface area (Å²) in [5.74, 6) is 0.496. The van der Waals surface area contributed by atoms with Crippen LogP contribution in [0.1, 0.15) is 0 Å². The molecule has 6 heteroatoms. The molecule has 18 heavy (non-hydrogen) atoms. The van der Waals surface area contributed by atoms with Crippen LogP contribution >= 0.6 is 11.6 Å². The number of aromatic nitrogens is 4. The second-order valence-electron chi connectivity index (χ2n) is 3.87. The molecule has 90 valence electrons. The summed E-state index contributed by atoms with van der Waals surface area (Å²) in [4.78, 5) is 20.3. The third kappa shape index (κ3) is 1.52. The molecule has 0 saturated carbocycles. The Balaban J connectivity index is 2.44. The van der Waals surface area contributed by atoms with Gasteiger partial charge in [-0.25, -0.2) is 14.3 Å². The Morgan fingerprint density at radius 2 is 2.06 bits per heavy atom. The molecular formula is C12H9ClN4O. The van der Waals surface area contributed by atoms with Gasteiger partial charge in [0.05, 0.1) is 17.2 Å². The van der Waals surface area contributed by atoms with E-state index in [-0.39, 0.29) is 5.69 Å². The summed E-state index contributed by atoms with van der Waals surface area (Å²) < 4.78 is 3.05. The Bertz CT molecular complexity index is 776. The largest absolute Gasteiger partial charge is 0.334 e. The van der Waals surface area contributed by atoms with Gasteiger partial charge >= 0.3 is 5.69 Å². The third-order valence-electron chi connectivity index (χ3n) is 2.80. The second-order valence-corrected chi connectivity index (χ2v) is 4.31. The van der Waals surface area contributed by atoms with E-state index in [9.17, 15) is 4.79 Å². The molecule has 2 heterocycles. The first-order valence-electron chi connectivity index (χ1n) is 5.32.